The van der Waals surface area contributed by atoms with Crippen LogP contribution >= 0.6 is 0 Å². The number of hydrogen-bond acceptors (Lipinski definition) is 2. The molecule has 0 radical (unpaired) electrons. The van der Waals surface area contributed by atoms with Gasteiger partial charge in [0.15, 0.2) is 0 Å². The van der Waals surface area contributed by atoms with Gasteiger partial charge in [0.25, 0.3) is 0 Å². The fraction of sp³-hybridized carbons (Fsp3) is 0. The third-order valence-corrected chi connectivity index (χ3v) is 1.99. The van der Waals surface area contributed by atoms with Crippen molar-refractivity contribution in [3.8, 4) is 0 Å². The number of aromatic nitrogens is 2. The molecule has 0 atom stereocenters. The van der Waals surface area contributed by atoms with Crippen LogP contribution in [0, 0.1) is 5.21 Å². The largest absolute Gasteiger partial charge is 0.594 e. The molecule has 1 aromatic carbocycles. The highest BCUT2D eigenvalue weighted by molar-refractivity contribution is 5.66. The van der Waals surface area contributed by atoms with Crippen molar-refractivity contribution < 1.29 is 4.85 Å². The standard InChI is InChI=1S/C12H10N2O/c15-14-12(7-4-10-13-14)9-8-11-5-2-1-3-6-11/h1-10H/b9-8+. The highest BCUT2D eigenvalue weighted by atomic mass is 16.5. The molecule has 0 aliphatic carbocycles. The van der Waals surface area contributed by atoms with Crippen LogP contribution in [0.4, 0.5) is 0 Å². The van der Waals surface area contributed by atoms with Crippen molar-refractivity contribution in [2.75, 3.05) is 0 Å². The molecule has 0 fully saturated rings. The van der Waals surface area contributed by atoms with Crippen molar-refractivity contribution in [1.82, 2.24) is 5.10 Å². The summed E-state index contributed by atoms with van der Waals surface area (Å²) in [6, 6.07) is 13.3. The molecule has 0 saturated carbocycles. The van der Waals surface area contributed by atoms with E-state index in [9.17, 15) is 5.21 Å². The maximum absolute atomic E-state index is 11.2. The summed E-state index contributed by atoms with van der Waals surface area (Å²) in [4.78, 5) is 0.597. The van der Waals surface area contributed by atoms with E-state index >= 15 is 0 Å². The van der Waals surface area contributed by atoms with E-state index in [4.69, 9.17) is 0 Å². The first-order valence-corrected chi connectivity index (χ1v) is 4.64. The van der Waals surface area contributed by atoms with E-state index in [0.717, 1.165) is 5.56 Å². The highest BCUT2D eigenvalue weighted by Crippen LogP contribution is 2.03. The fourth-order valence-corrected chi connectivity index (χ4v) is 1.24. The minimum absolute atomic E-state index is 0.529. The molecule has 0 N–H and O–H groups in total. The SMILES string of the molecule is [O-][n+]1ncccc1/C=C/c1ccccc1. The molecule has 0 amide bonds. The maximum Gasteiger partial charge on any atom is 0.244 e. The molecule has 74 valence electrons. The highest BCUT2D eigenvalue weighted by Gasteiger charge is 1.98. The molecular weight excluding hydrogens is 188 g/mol. The summed E-state index contributed by atoms with van der Waals surface area (Å²) in [5.41, 5.74) is 1.59. The van der Waals surface area contributed by atoms with Crippen LogP contribution in [0.5, 0.6) is 0 Å². The molecule has 3 nitrogen and oxygen atoms in total. The molecule has 0 aliphatic heterocycles. The smallest absolute Gasteiger partial charge is 0.244 e. The zero-order valence-corrected chi connectivity index (χ0v) is 8.08. The Morgan fingerprint density at radius 1 is 1.00 bits per heavy atom. The Kier molecular flexibility index (Phi) is 2.74. The summed E-state index contributed by atoms with van der Waals surface area (Å²) in [6.45, 7) is 0. The van der Waals surface area contributed by atoms with Crippen LogP contribution in [-0.2, 0) is 0 Å². The number of benzene rings is 1. The van der Waals surface area contributed by atoms with Crippen molar-refractivity contribution in [3.05, 3.63) is 65.1 Å². The van der Waals surface area contributed by atoms with E-state index in [1.54, 1.807) is 18.2 Å². The van der Waals surface area contributed by atoms with Gasteiger partial charge in [0.05, 0.1) is 6.20 Å². The van der Waals surface area contributed by atoms with Crippen LogP contribution in [0.25, 0.3) is 12.2 Å². The maximum atomic E-state index is 11.2. The van der Waals surface area contributed by atoms with Crippen LogP contribution in [0.2, 0.25) is 0 Å². The Bertz CT molecular complexity index is 466. The van der Waals surface area contributed by atoms with Gasteiger partial charge in [-0.2, -0.15) is 0 Å². The normalized spacial score (nSPS) is 10.7. The Morgan fingerprint density at radius 3 is 2.53 bits per heavy atom. The van der Waals surface area contributed by atoms with Gasteiger partial charge >= 0.3 is 0 Å². The Hall–Kier alpha value is -2.16. The van der Waals surface area contributed by atoms with Crippen LogP contribution in [-0.4, -0.2) is 5.10 Å². The van der Waals surface area contributed by atoms with Gasteiger partial charge in [-0.05, 0) is 17.7 Å². The third kappa shape index (κ3) is 2.40. The Labute approximate surface area is 87.9 Å². The lowest BCUT2D eigenvalue weighted by atomic mass is 10.2. The van der Waals surface area contributed by atoms with E-state index < -0.39 is 0 Å². The van der Waals surface area contributed by atoms with Crippen molar-refractivity contribution in [1.29, 1.82) is 0 Å². The summed E-state index contributed by atoms with van der Waals surface area (Å²) in [5.74, 6) is 0. The van der Waals surface area contributed by atoms with Gasteiger partial charge in [-0.25, -0.2) is 0 Å². The van der Waals surface area contributed by atoms with Gasteiger partial charge in [0.1, 0.15) is 0 Å². The minimum atomic E-state index is 0.529. The molecule has 0 aliphatic rings. The van der Waals surface area contributed by atoms with Crippen molar-refractivity contribution in [2.24, 2.45) is 0 Å². The van der Waals surface area contributed by atoms with Crippen molar-refractivity contribution >= 4 is 12.2 Å². The van der Waals surface area contributed by atoms with Crippen LogP contribution in [0.3, 0.4) is 0 Å². The molecule has 1 aromatic heterocycles. The lowest BCUT2D eigenvalue weighted by molar-refractivity contribution is -0.670. The number of hydrogen-bond donors (Lipinski definition) is 0. The predicted molar refractivity (Wildman–Crippen MR) is 58.6 cm³/mol. The fourth-order valence-electron chi connectivity index (χ4n) is 1.24. The van der Waals surface area contributed by atoms with E-state index in [1.165, 1.54) is 6.20 Å². The summed E-state index contributed by atoms with van der Waals surface area (Å²) < 4.78 is 0. The lowest BCUT2D eigenvalue weighted by Crippen LogP contribution is -2.33. The lowest BCUT2D eigenvalue weighted by Gasteiger charge is -1.95. The zero-order valence-electron chi connectivity index (χ0n) is 8.08. The van der Waals surface area contributed by atoms with E-state index in [1.807, 2.05) is 36.4 Å². The molecule has 2 aromatic rings. The van der Waals surface area contributed by atoms with Gasteiger partial charge in [0, 0.05) is 17.2 Å². The van der Waals surface area contributed by atoms with Gasteiger partial charge in [0.2, 0.25) is 5.69 Å². The molecule has 1 heterocycles. The van der Waals surface area contributed by atoms with Crippen molar-refractivity contribution in [3.63, 3.8) is 0 Å². The molecule has 3 heteroatoms. The first-order valence-electron chi connectivity index (χ1n) is 4.64. The summed E-state index contributed by atoms with van der Waals surface area (Å²) in [7, 11) is 0. The van der Waals surface area contributed by atoms with Crippen LogP contribution in [0.1, 0.15) is 11.3 Å². The molecule has 0 bridgehead atoms. The number of rotatable bonds is 2. The minimum Gasteiger partial charge on any atom is -0.594 e. The van der Waals surface area contributed by atoms with Gasteiger partial charge in [-0.15, -0.1) is 0 Å². The average molecular weight is 198 g/mol. The van der Waals surface area contributed by atoms with Crippen LogP contribution in [0.15, 0.2) is 48.7 Å². The van der Waals surface area contributed by atoms with E-state index in [-0.39, 0.29) is 0 Å². The number of nitrogens with zero attached hydrogens (tertiary/aromatic N) is 2. The molecule has 0 saturated heterocycles. The van der Waals surface area contributed by atoms with E-state index in [2.05, 4.69) is 5.10 Å². The second-order valence-corrected chi connectivity index (χ2v) is 3.07. The topological polar surface area (TPSA) is 39.8 Å². The molecule has 0 spiro atoms. The molecule has 0 unspecified atom stereocenters. The third-order valence-electron chi connectivity index (χ3n) is 1.99. The second-order valence-electron chi connectivity index (χ2n) is 3.07. The Morgan fingerprint density at radius 2 is 1.80 bits per heavy atom. The van der Waals surface area contributed by atoms with E-state index in [0.29, 0.717) is 10.5 Å². The van der Waals surface area contributed by atoms with Crippen molar-refractivity contribution in [2.45, 2.75) is 0 Å². The summed E-state index contributed by atoms with van der Waals surface area (Å²) >= 11 is 0. The van der Waals surface area contributed by atoms with Gasteiger partial charge in [-0.3, -0.25) is 0 Å². The molecule has 15 heavy (non-hydrogen) atoms. The predicted octanol–water partition coefficient (Wildman–Crippen LogP) is 1.89. The quantitative estimate of drug-likeness (QED) is 0.546. The Balaban J connectivity index is 2.23. The zero-order chi connectivity index (χ0) is 10.5. The first kappa shape index (κ1) is 9.40. The second kappa shape index (κ2) is 4.37. The molecular formula is C12H10N2O. The summed E-state index contributed by atoms with van der Waals surface area (Å²) in [6.07, 6.45) is 5.09. The van der Waals surface area contributed by atoms with Crippen LogP contribution < -0.4 is 4.85 Å². The summed E-state index contributed by atoms with van der Waals surface area (Å²) in [5, 5.41) is 14.8. The monoisotopic (exact) mass is 198 g/mol. The molecule has 2 rings (SSSR count). The van der Waals surface area contributed by atoms with Gasteiger partial charge < -0.3 is 5.21 Å². The van der Waals surface area contributed by atoms with Gasteiger partial charge in [-0.1, -0.05) is 35.2 Å². The first-order chi connectivity index (χ1) is 7.36. The average Bonchev–Trinajstić information content (AvgIpc) is 2.29.